The van der Waals surface area contributed by atoms with Crippen molar-refractivity contribution in [3.63, 3.8) is 0 Å². The molecule has 2 nitrogen and oxygen atoms in total. The van der Waals surface area contributed by atoms with Gasteiger partial charge in [0.2, 0.25) is 0 Å². The third-order valence-corrected chi connectivity index (χ3v) is 1.72. The van der Waals surface area contributed by atoms with Crippen LogP contribution in [0.15, 0.2) is 23.4 Å². The molecule has 0 atom stereocenters. The predicted octanol–water partition coefficient (Wildman–Crippen LogP) is 0.340. The summed E-state index contributed by atoms with van der Waals surface area (Å²) in [5.74, 6) is 0. The summed E-state index contributed by atoms with van der Waals surface area (Å²) in [4.78, 5) is 4.91. The molecule has 1 aromatic carbocycles. The van der Waals surface area contributed by atoms with E-state index in [9.17, 15) is 0 Å². The molecule has 0 fully saturated rings. The monoisotopic (exact) mass is 147 g/mol. The highest BCUT2D eigenvalue weighted by Gasteiger charge is 1.93. The van der Waals surface area contributed by atoms with Crippen molar-refractivity contribution in [3.05, 3.63) is 34.3 Å². The Morgan fingerprint density at radius 2 is 2.36 bits per heavy atom. The van der Waals surface area contributed by atoms with Crippen LogP contribution in [0.4, 0.5) is 0 Å². The summed E-state index contributed by atoms with van der Waals surface area (Å²) >= 11 is 0. The average molecular weight is 147 g/mol. The molecule has 1 aliphatic heterocycles. The summed E-state index contributed by atoms with van der Waals surface area (Å²) < 4.78 is 0. The molecule has 0 aliphatic carbocycles. The van der Waals surface area contributed by atoms with Gasteiger partial charge in [-0.05, 0) is 25.1 Å². The molecule has 0 saturated heterocycles. The molecule has 0 aromatic heterocycles. The van der Waals surface area contributed by atoms with E-state index in [1.54, 1.807) is 0 Å². The summed E-state index contributed by atoms with van der Waals surface area (Å²) in [6.07, 6.45) is 2.04. The molecule has 1 aliphatic rings. The lowest BCUT2D eigenvalue weighted by Gasteiger charge is -2.00. The first kappa shape index (κ1) is 6.40. The fourth-order valence-electron chi connectivity index (χ4n) is 1.15. The quantitative estimate of drug-likeness (QED) is 0.518. The van der Waals surface area contributed by atoms with E-state index in [1.165, 1.54) is 10.8 Å². The summed E-state index contributed by atoms with van der Waals surface area (Å²) in [6, 6.07) is 6.12. The van der Waals surface area contributed by atoms with Crippen LogP contribution in [0.2, 0.25) is 0 Å². The summed E-state index contributed by atoms with van der Waals surface area (Å²) in [5, 5.41) is 6.01. The van der Waals surface area contributed by atoms with Crippen LogP contribution in [0.3, 0.4) is 0 Å². The lowest BCUT2D eigenvalue weighted by molar-refractivity contribution is 0.166. The fourth-order valence-corrected chi connectivity index (χ4v) is 1.15. The minimum absolute atomic E-state index is 0.594. The van der Waals surface area contributed by atoms with Gasteiger partial charge in [0.1, 0.15) is 12.0 Å². The van der Waals surface area contributed by atoms with E-state index in [0.717, 1.165) is 5.36 Å². The SMILES string of the molecule is Cc1ccc2c(c1)=CCON=2. The van der Waals surface area contributed by atoms with E-state index in [2.05, 4.69) is 18.1 Å². The number of fused-ring (bicyclic) bond motifs is 1. The van der Waals surface area contributed by atoms with Crippen LogP contribution in [-0.2, 0) is 4.84 Å². The first-order valence-corrected chi connectivity index (χ1v) is 3.63. The van der Waals surface area contributed by atoms with Crippen molar-refractivity contribution in [3.8, 4) is 0 Å². The molecule has 0 amide bonds. The second-order valence-electron chi connectivity index (χ2n) is 2.65. The highest BCUT2D eigenvalue weighted by Crippen LogP contribution is 1.88. The van der Waals surface area contributed by atoms with Crippen LogP contribution in [-0.4, -0.2) is 6.61 Å². The fraction of sp³-hybridized carbons (Fsp3) is 0.222. The Morgan fingerprint density at radius 3 is 3.27 bits per heavy atom. The standard InChI is InChI=1S/C9H9NO/c1-7-2-3-9-8(6-7)4-5-11-10-9/h2-4,6H,5H2,1H3. The van der Waals surface area contributed by atoms with Crippen molar-refractivity contribution in [2.75, 3.05) is 6.61 Å². The van der Waals surface area contributed by atoms with Gasteiger partial charge in [-0.3, -0.25) is 0 Å². The van der Waals surface area contributed by atoms with Gasteiger partial charge in [-0.1, -0.05) is 16.8 Å². The number of nitrogens with zero attached hydrogens (tertiary/aromatic N) is 1. The molecule has 0 radical (unpaired) electrons. The molecule has 1 heterocycles. The molecule has 0 unspecified atom stereocenters. The van der Waals surface area contributed by atoms with E-state index in [0.29, 0.717) is 6.61 Å². The number of rotatable bonds is 0. The van der Waals surface area contributed by atoms with Gasteiger partial charge in [0.25, 0.3) is 0 Å². The van der Waals surface area contributed by atoms with E-state index in [1.807, 2.05) is 18.2 Å². The van der Waals surface area contributed by atoms with E-state index >= 15 is 0 Å². The first-order valence-electron chi connectivity index (χ1n) is 3.63. The number of hydrogen-bond acceptors (Lipinski definition) is 2. The zero-order valence-corrected chi connectivity index (χ0v) is 6.37. The zero-order chi connectivity index (χ0) is 7.68. The van der Waals surface area contributed by atoms with Gasteiger partial charge in [0.15, 0.2) is 0 Å². The number of benzene rings is 1. The molecule has 56 valence electrons. The highest BCUT2D eigenvalue weighted by atomic mass is 16.6. The molecule has 11 heavy (non-hydrogen) atoms. The maximum Gasteiger partial charge on any atom is 0.136 e. The number of aryl methyl sites for hydroxylation is 1. The third kappa shape index (κ3) is 1.11. The molecule has 0 spiro atoms. The molecular formula is C9H9NO. The van der Waals surface area contributed by atoms with Gasteiger partial charge in [0.05, 0.1) is 0 Å². The maximum absolute atomic E-state index is 4.91. The smallest absolute Gasteiger partial charge is 0.136 e. The predicted molar refractivity (Wildman–Crippen MR) is 42.4 cm³/mol. The molecule has 0 saturated carbocycles. The van der Waals surface area contributed by atoms with Gasteiger partial charge in [-0.2, -0.15) is 0 Å². The Labute approximate surface area is 64.8 Å². The summed E-state index contributed by atoms with van der Waals surface area (Å²) in [7, 11) is 0. The van der Waals surface area contributed by atoms with E-state index < -0.39 is 0 Å². The molecule has 0 bridgehead atoms. The van der Waals surface area contributed by atoms with Crippen LogP contribution in [0.1, 0.15) is 5.56 Å². The van der Waals surface area contributed by atoms with Crippen molar-refractivity contribution in [2.45, 2.75) is 6.92 Å². The Morgan fingerprint density at radius 1 is 1.45 bits per heavy atom. The van der Waals surface area contributed by atoms with Crippen molar-refractivity contribution in [1.29, 1.82) is 0 Å². The van der Waals surface area contributed by atoms with Crippen LogP contribution in [0.5, 0.6) is 0 Å². The van der Waals surface area contributed by atoms with Gasteiger partial charge >= 0.3 is 0 Å². The van der Waals surface area contributed by atoms with Crippen LogP contribution >= 0.6 is 0 Å². The molecule has 0 N–H and O–H groups in total. The summed E-state index contributed by atoms with van der Waals surface area (Å²) in [6.45, 7) is 2.67. The van der Waals surface area contributed by atoms with E-state index in [4.69, 9.17) is 4.84 Å². The van der Waals surface area contributed by atoms with Gasteiger partial charge in [-0.25, -0.2) is 0 Å². The van der Waals surface area contributed by atoms with E-state index in [-0.39, 0.29) is 0 Å². The van der Waals surface area contributed by atoms with Crippen molar-refractivity contribution in [1.82, 2.24) is 0 Å². The highest BCUT2D eigenvalue weighted by molar-refractivity contribution is 5.27. The van der Waals surface area contributed by atoms with Crippen molar-refractivity contribution in [2.24, 2.45) is 5.16 Å². The maximum atomic E-state index is 4.91. The molecule has 2 rings (SSSR count). The van der Waals surface area contributed by atoms with Crippen LogP contribution < -0.4 is 10.6 Å². The Bertz CT molecular complexity index is 381. The van der Waals surface area contributed by atoms with Crippen molar-refractivity contribution >= 4 is 6.08 Å². The van der Waals surface area contributed by atoms with Gasteiger partial charge in [-0.15, -0.1) is 0 Å². The normalized spacial score (nSPS) is 13.9. The van der Waals surface area contributed by atoms with Gasteiger partial charge < -0.3 is 4.84 Å². The molecular weight excluding hydrogens is 138 g/mol. The number of hydrogen-bond donors (Lipinski definition) is 0. The minimum atomic E-state index is 0.594. The topological polar surface area (TPSA) is 21.6 Å². The molecule has 2 heteroatoms. The average Bonchev–Trinajstić information content (AvgIpc) is 2.04. The van der Waals surface area contributed by atoms with Crippen molar-refractivity contribution < 1.29 is 4.84 Å². The second kappa shape index (κ2) is 2.38. The summed E-state index contributed by atoms with van der Waals surface area (Å²) in [5.41, 5.74) is 1.26. The first-order chi connectivity index (χ1) is 5.36. The lowest BCUT2D eigenvalue weighted by atomic mass is 10.2. The van der Waals surface area contributed by atoms with Crippen LogP contribution in [0, 0.1) is 6.92 Å². The Hall–Kier alpha value is -1.31. The van der Waals surface area contributed by atoms with Gasteiger partial charge in [0, 0.05) is 5.22 Å². The lowest BCUT2D eigenvalue weighted by Crippen LogP contribution is -2.28. The Kier molecular flexibility index (Phi) is 1.39. The minimum Gasteiger partial charge on any atom is -0.391 e. The van der Waals surface area contributed by atoms with Crippen LogP contribution in [0.25, 0.3) is 6.08 Å². The third-order valence-electron chi connectivity index (χ3n) is 1.72. The molecule has 1 aromatic rings. The largest absolute Gasteiger partial charge is 0.391 e. The zero-order valence-electron chi connectivity index (χ0n) is 6.37. The second-order valence-corrected chi connectivity index (χ2v) is 2.65. The Balaban J connectivity index is 2.80.